The molecule has 1 aromatic heterocycles. The Kier molecular flexibility index (Phi) is 6.95. The Morgan fingerprint density at radius 1 is 1.33 bits per heavy atom. The van der Waals surface area contributed by atoms with Crippen molar-refractivity contribution in [3.63, 3.8) is 0 Å². The van der Waals surface area contributed by atoms with Gasteiger partial charge in [0.05, 0.1) is 23.9 Å². The predicted molar refractivity (Wildman–Crippen MR) is 109 cm³/mol. The van der Waals surface area contributed by atoms with E-state index >= 15 is 0 Å². The number of nitrogens with one attached hydrogen (secondary N) is 2. The third-order valence-electron chi connectivity index (χ3n) is 4.86. The van der Waals surface area contributed by atoms with Gasteiger partial charge in [-0.2, -0.15) is 18.4 Å². The minimum Gasteiger partial charge on any atom is -0.360 e. The minimum absolute atomic E-state index is 0.0752. The highest BCUT2D eigenvalue weighted by atomic mass is 32.1. The number of hydrogen-bond donors (Lipinski definition) is 2. The molecule has 1 fully saturated rings. The molecule has 0 radical (unpaired) electrons. The zero-order valence-electron chi connectivity index (χ0n) is 16.4. The molecule has 1 aromatic carbocycles. The van der Waals surface area contributed by atoms with E-state index in [1.54, 1.807) is 4.90 Å². The monoisotopic (exact) mass is 437 g/mol. The Balaban J connectivity index is 1.47. The summed E-state index contributed by atoms with van der Waals surface area (Å²) in [5.74, 6) is -0.0752. The van der Waals surface area contributed by atoms with E-state index in [-0.39, 0.29) is 18.5 Å². The maximum Gasteiger partial charge on any atom is 0.416 e. The molecule has 6 nitrogen and oxygen atoms in total. The van der Waals surface area contributed by atoms with E-state index in [4.69, 9.17) is 5.26 Å². The van der Waals surface area contributed by atoms with Crippen molar-refractivity contribution in [3.8, 4) is 17.3 Å². The molecule has 1 atom stereocenters. The maximum absolute atomic E-state index is 12.7. The van der Waals surface area contributed by atoms with E-state index in [1.165, 1.54) is 23.5 Å². The highest BCUT2D eigenvalue weighted by Crippen LogP contribution is 2.33. The highest BCUT2D eigenvalue weighted by Gasteiger charge is 2.30. The van der Waals surface area contributed by atoms with E-state index < -0.39 is 11.7 Å². The number of thiazole rings is 1. The number of carbonyl (C=O) groups excluding carboxylic acids is 1. The SMILES string of the molecule is Cc1sc(NCCNCC(=O)N2CCC[C@H]2C#N)nc1-c1ccc(C(F)(F)F)cc1. The molecule has 1 amide bonds. The molecule has 160 valence electrons. The fraction of sp³-hybridized carbons (Fsp3) is 0.450. The van der Waals surface area contributed by atoms with Crippen molar-refractivity contribution in [2.75, 3.05) is 31.5 Å². The smallest absolute Gasteiger partial charge is 0.360 e. The maximum atomic E-state index is 12.7. The van der Waals surface area contributed by atoms with Gasteiger partial charge in [0.2, 0.25) is 5.91 Å². The van der Waals surface area contributed by atoms with Crippen LogP contribution in [-0.2, 0) is 11.0 Å². The summed E-state index contributed by atoms with van der Waals surface area (Å²) < 4.78 is 38.1. The van der Waals surface area contributed by atoms with Crippen LogP contribution in [0.15, 0.2) is 24.3 Å². The Morgan fingerprint density at radius 3 is 2.73 bits per heavy atom. The van der Waals surface area contributed by atoms with Gasteiger partial charge >= 0.3 is 6.18 Å². The number of nitrogens with zero attached hydrogens (tertiary/aromatic N) is 3. The van der Waals surface area contributed by atoms with Crippen LogP contribution in [0.3, 0.4) is 0 Å². The van der Waals surface area contributed by atoms with E-state index in [9.17, 15) is 18.0 Å². The first-order valence-electron chi connectivity index (χ1n) is 9.58. The molecule has 0 saturated carbocycles. The number of halogens is 3. The first-order chi connectivity index (χ1) is 14.3. The lowest BCUT2D eigenvalue weighted by Crippen LogP contribution is -2.41. The summed E-state index contributed by atoms with van der Waals surface area (Å²) in [6.07, 6.45) is -2.77. The molecule has 2 aromatic rings. The minimum atomic E-state index is -4.36. The molecular formula is C20H22F3N5OS. The van der Waals surface area contributed by atoms with Crippen LogP contribution in [0.25, 0.3) is 11.3 Å². The number of aryl methyl sites for hydroxylation is 1. The number of nitriles is 1. The first-order valence-corrected chi connectivity index (χ1v) is 10.4. The van der Waals surface area contributed by atoms with Gasteiger partial charge in [-0.15, -0.1) is 11.3 Å². The highest BCUT2D eigenvalue weighted by molar-refractivity contribution is 7.16. The molecule has 3 rings (SSSR count). The molecular weight excluding hydrogens is 415 g/mol. The normalized spacial score (nSPS) is 16.5. The summed E-state index contributed by atoms with van der Waals surface area (Å²) in [6.45, 7) is 3.74. The molecule has 2 N–H and O–H groups in total. The fourth-order valence-corrected chi connectivity index (χ4v) is 4.17. The van der Waals surface area contributed by atoms with E-state index in [0.29, 0.717) is 36.0 Å². The molecule has 2 heterocycles. The van der Waals surface area contributed by atoms with Gasteiger partial charge in [-0.1, -0.05) is 12.1 Å². The van der Waals surface area contributed by atoms with Crippen molar-refractivity contribution in [2.24, 2.45) is 0 Å². The van der Waals surface area contributed by atoms with Gasteiger partial charge in [-0.3, -0.25) is 4.79 Å². The molecule has 1 saturated heterocycles. The number of carbonyl (C=O) groups is 1. The van der Waals surface area contributed by atoms with Crippen molar-refractivity contribution in [1.82, 2.24) is 15.2 Å². The van der Waals surface area contributed by atoms with Crippen molar-refractivity contribution >= 4 is 22.4 Å². The Hall–Kier alpha value is -2.64. The largest absolute Gasteiger partial charge is 0.416 e. The standard InChI is InChI=1S/C20H22F3N5OS/c1-13-18(14-4-6-15(7-5-14)20(21,22)23)27-19(30-13)26-9-8-25-12-17(29)28-10-2-3-16(28)11-24/h4-7,16,25H,2-3,8-10,12H2,1H3,(H,26,27)/t16-/m0/s1. The molecule has 30 heavy (non-hydrogen) atoms. The molecule has 0 aliphatic carbocycles. The lowest BCUT2D eigenvalue weighted by molar-refractivity contribution is -0.137. The number of alkyl halides is 3. The lowest BCUT2D eigenvalue weighted by atomic mass is 10.1. The molecule has 0 bridgehead atoms. The van der Waals surface area contributed by atoms with Crippen LogP contribution in [0.1, 0.15) is 23.3 Å². The fourth-order valence-electron chi connectivity index (χ4n) is 3.31. The van der Waals surface area contributed by atoms with E-state index in [2.05, 4.69) is 21.7 Å². The van der Waals surface area contributed by atoms with E-state index in [1.807, 2.05) is 6.92 Å². The number of anilines is 1. The van der Waals surface area contributed by atoms with Crippen LogP contribution in [0, 0.1) is 18.3 Å². The van der Waals surface area contributed by atoms with Gasteiger partial charge in [0.15, 0.2) is 5.13 Å². The van der Waals surface area contributed by atoms with Crippen LogP contribution >= 0.6 is 11.3 Å². The van der Waals surface area contributed by atoms with Crippen LogP contribution < -0.4 is 10.6 Å². The van der Waals surface area contributed by atoms with Crippen molar-refractivity contribution < 1.29 is 18.0 Å². The van der Waals surface area contributed by atoms with Gasteiger partial charge < -0.3 is 15.5 Å². The number of likely N-dealkylation sites (tertiary alicyclic amines) is 1. The second kappa shape index (κ2) is 9.45. The summed E-state index contributed by atoms with van der Waals surface area (Å²) in [5.41, 5.74) is 0.593. The first kappa shape index (κ1) is 22.1. The number of rotatable bonds is 7. The van der Waals surface area contributed by atoms with Crippen LogP contribution in [0.2, 0.25) is 0 Å². The average molecular weight is 437 g/mol. The van der Waals surface area contributed by atoms with Crippen molar-refractivity contribution in [1.29, 1.82) is 5.26 Å². The molecule has 1 aliphatic heterocycles. The topological polar surface area (TPSA) is 81.0 Å². The van der Waals surface area contributed by atoms with Crippen LogP contribution in [0.5, 0.6) is 0 Å². The summed E-state index contributed by atoms with van der Waals surface area (Å²) in [4.78, 5) is 19.1. The van der Waals surface area contributed by atoms with Crippen molar-refractivity contribution in [2.45, 2.75) is 32.0 Å². The second-order valence-corrected chi connectivity index (χ2v) is 8.18. The van der Waals surface area contributed by atoms with Crippen LogP contribution in [-0.4, -0.2) is 48.0 Å². The zero-order valence-corrected chi connectivity index (χ0v) is 17.2. The number of amides is 1. The summed E-state index contributed by atoms with van der Waals surface area (Å²) >= 11 is 1.42. The molecule has 0 spiro atoms. The Labute approximate surface area is 176 Å². The molecule has 1 aliphatic rings. The van der Waals surface area contributed by atoms with Gasteiger partial charge in [0, 0.05) is 30.1 Å². The quantitative estimate of drug-likeness (QED) is 0.647. The number of aromatic nitrogens is 1. The van der Waals surface area contributed by atoms with Crippen LogP contribution in [0.4, 0.5) is 18.3 Å². The lowest BCUT2D eigenvalue weighted by Gasteiger charge is -2.19. The molecule has 10 heteroatoms. The number of benzene rings is 1. The average Bonchev–Trinajstić information content (AvgIpc) is 3.33. The summed E-state index contributed by atoms with van der Waals surface area (Å²) in [6, 6.07) is 6.79. The summed E-state index contributed by atoms with van der Waals surface area (Å²) in [5, 5.41) is 15.9. The predicted octanol–water partition coefficient (Wildman–Crippen LogP) is 3.65. The summed E-state index contributed by atoms with van der Waals surface area (Å²) in [7, 11) is 0. The Bertz CT molecular complexity index is 920. The zero-order chi connectivity index (χ0) is 21.7. The number of hydrogen-bond acceptors (Lipinski definition) is 6. The van der Waals surface area contributed by atoms with Crippen molar-refractivity contribution in [3.05, 3.63) is 34.7 Å². The van der Waals surface area contributed by atoms with Gasteiger partial charge in [0.25, 0.3) is 0 Å². The van der Waals surface area contributed by atoms with E-state index in [0.717, 1.165) is 29.9 Å². The van der Waals surface area contributed by atoms with Gasteiger partial charge in [-0.25, -0.2) is 4.98 Å². The van der Waals surface area contributed by atoms with Gasteiger partial charge in [0.1, 0.15) is 6.04 Å². The third-order valence-corrected chi connectivity index (χ3v) is 5.79. The second-order valence-electron chi connectivity index (χ2n) is 6.98. The Morgan fingerprint density at radius 2 is 2.07 bits per heavy atom. The molecule has 0 unspecified atom stereocenters. The third kappa shape index (κ3) is 5.29. The van der Waals surface area contributed by atoms with Gasteiger partial charge in [-0.05, 0) is 31.9 Å².